The summed E-state index contributed by atoms with van der Waals surface area (Å²) < 4.78 is 2.00. The number of hydrogen-bond donors (Lipinski definition) is 2. The van der Waals surface area contributed by atoms with Crippen molar-refractivity contribution in [1.82, 2.24) is 4.57 Å². The maximum Gasteiger partial charge on any atom is 0.104 e. The topological polar surface area (TPSA) is 51.2 Å². The molecule has 0 aliphatic carbocycles. The van der Waals surface area contributed by atoms with Gasteiger partial charge in [-0.15, -0.1) is 0 Å². The first-order valence-electron chi connectivity index (χ1n) is 5.14. The molecule has 3 N–H and O–H groups in total. The number of fused-ring (bicyclic) bond motifs is 1. The highest BCUT2D eigenvalue weighted by Crippen LogP contribution is 2.18. The smallest absolute Gasteiger partial charge is 0.104 e. The van der Waals surface area contributed by atoms with E-state index in [4.69, 9.17) is 18.0 Å². The highest BCUT2D eigenvalue weighted by atomic mass is 32.1. The molecular formula is C12H14N2OS. The van der Waals surface area contributed by atoms with Crippen molar-refractivity contribution in [3.05, 3.63) is 36.0 Å². The zero-order valence-corrected chi connectivity index (χ0v) is 9.87. The molecule has 2 rings (SSSR count). The van der Waals surface area contributed by atoms with Gasteiger partial charge in [-0.2, -0.15) is 0 Å². The molecule has 2 aromatic rings. The van der Waals surface area contributed by atoms with E-state index in [1.165, 1.54) is 0 Å². The third-order valence-corrected chi connectivity index (χ3v) is 2.76. The van der Waals surface area contributed by atoms with E-state index in [1.807, 2.05) is 35.0 Å². The molecule has 0 bridgehead atoms. The van der Waals surface area contributed by atoms with E-state index in [1.54, 1.807) is 6.92 Å². The molecule has 0 saturated carbocycles. The molecular weight excluding hydrogens is 220 g/mol. The van der Waals surface area contributed by atoms with Gasteiger partial charge in [-0.1, -0.05) is 24.4 Å². The first kappa shape index (κ1) is 11.1. The summed E-state index contributed by atoms with van der Waals surface area (Å²) in [4.78, 5) is 0.395. The first-order chi connectivity index (χ1) is 7.58. The highest BCUT2D eigenvalue weighted by Gasteiger charge is 2.05. The minimum Gasteiger partial charge on any atom is -0.392 e. The Balaban J connectivity index is 2.51. The van der Waals surface area contributed by atoms with E-state index < -0.39 is 0 Å². The predicted octanol–water partition coefficient (Wildman–Crippen LogP) is 1.66. The maximum atomic E-state index is 9.39. The van der Waals surface area contributed by atoms with Crippen LogP contribution in [-0.2, 0) is 6.54 Å². The van der Waals surface area contributed by atoms with Gasteiger partial charge < -0.3 is 15.4 Å². The third-order valence-electron chi connectivity index (χ3n) is 2.52. The number of benzene rings is 1. The number of rotatable bonds is 3. The molecule has 0 fully saturated rings. The van der Waals surface area contributed by atoms with E-state index >= 15 is 0 Å². The molecule has 0 radical (unpaired) electrons. The fourth-order valence-electron chi connectivity index (χ4n) is 1.78. The first-order valence-corrected chi connectivity index (χ1v) is 5.55. The van der Waals surface area contributed by atoms with Gasteiger partial charge in [-0.3, -0.25) is 0 Å². The van der Waals surface area contributed by atoms with Gasteiger partial charge in [0.2, 0.25) is 0 Å². The molecule has 1 heterocycles. The molecule has 16 heavy (non-hydrogen) atoms. The van der Waals surface area contributed by atoms with Gasteiger partial charge in [0.05, 0.1) is 6.10 Å². The van der Waals surface area contributed by atoms with E-state index in [9.17, 15) is 5.11 Å². The second kappa shape index (κ2) is 4.23. The summed E-state index contributed by atoms with van der Waals surface area (Å²) in [5.74, 6) is 0. The van der Waals surface area contributed by atoms with Gasteiger partial charge in [-0.25, -0.2) is 0 Å². The summed E-state index contributed by atoms with van der Waals surface area (Å²) in [6.07, 6.45) is 1.59. The van der Waals surface area contributed by atoms with Crippen molar-refractivity contribution in [1.29, 1.82) is 0 Å². The molecule has 3 nitrogen and oxygen atoms in total. The third kappa shape index (κ3) is 2.08. The van der Waals surface area contributed by atoms with Crippen LogP contribution in [0.25, 0.3) is 10.9 Å². The number of aromatic nitrogens is 1. The van der Waals surface area contributed by atoms with Gasteiger partial charge in [0.25, 0.3) is 0 Å². The lowest BCUT2D eigenvalue weighted by Crippen LogP contribution is -2.12. The minimum atomic E-state index is -0.371. The van der Waals surface area contributed by atoms with Gasteiger partial charge in [0.1, 0.15) is 4.99 Å². The predicted molar refractivity (Wildman–Crippen MR) is 69.5 cm³/mol. The van der Waals surface area contributed by atoms with Crippen molar-refractivity contribution in [2.45, 2.75) is 19.6 Å². The Morgan fingerprint density at radius 3 is 2.88 bits per heavy atom. The largest absolute Gasteiger partial charge is 0.392 e. The molecule has 0 saturated heterocycles. The van der Waals surface area contributed by atoms with Crippen LogP contribution in [0.2, 0.25) is 0 Å². The minimum absolute atomic E-state index is 0.371. The molecule has 1 aromatic heterocycles. The fraction of sp³-hybridized carbons (Fsp3) is 0.250. The number of hydrogen-bond acceptors (Lipinski definition) is 2. The van der Waals surface area contributed by atoms with E-state index in [0.29, 0.717) is 11.5 Å². The Labute approximate surface area is 99.5 Å². The van der Waals surface area contributed by atoms with E-state index in [-0.39, 0.29) is 6.10 Å². The van der Waals surface area contributed by atoms with Crippen LogP contribution in [-0.4, -0.2) is 20.8 Å². The zero-order chi connectivity index (χ0) is 11.7. The normalized spacial score (nSPS) is 12.9. The van der Waals surface area contributed by atoms with Gasteiger partial charge in [0, 0.05) is 23.8 Å². The summed E-state index contributed by atoms with van der Waals surface area (Å²) in [5, 5.41) is 10.5. The van der Waals surface area contributed by atoms with Crippen molar-refractivity contribution >= 4 is 28.1 Å². The van der Waals surface area contributed by atoms with Gasteiger partial charge in [0.15, 0.2) is 0 Å². The number of nitrogens with zero attached hydrogens (tertiary/aromatic N) is 1. The second-order valence-corrected chi connectivity index (χ2v) is 4.39. The summed E-state index contributed by atoms with van der Waals surface area (Å²) >= 11 is 4.95. The average molecular weight is 234 g/mol. The van der Waals surface area contributed by atoms with Crippen LogP contribution in [0, 0.1) is 0 Å². The van der Waals surface area contributed by atoms with Gasteiger partial charge in [-0.05, 0) is 24.4 Å². The number of aliphatic hydroxyl groups excluding tert-OH is 1. The van der Waals surface area contributed by atoms with Crippen molar-refractivity contribution in [3.63, 3.8) is 0 Å². The highest BCUT2D eigenvalue weighted by molar-refractivity contribution is 7.80. The van der Waals surface area contributed by atoms with Gasteiger partial charge >= 0.3 is 0 Å². The average Bonchev–Trinajstić information content (AvgIpc) is 2.60. The maximum absolute atomic E-state index is 9.39. The Bertz CT molecular complexity index is 531. The SMILES string of the molecule is CC(O)Cn1ccc2ccc(C(N)=S)cc21. The number of aliphatic hydroxyl groups is 1. The van der Waals surface area contributed by atoms with Crippen molar-refractivity contribution in [2.24, 2.45) is 5.73 Å². The van der Waals surface area contributed by atoms with Crippen LogP contribution in [0.4, 0.5) is 0 Å². The van der Waals surface area contributed by atoms with E-state index in [0.717, 1.165) is 16.5 Å². The molecule has 0 amide bonds. The van der Waals surface area contributed by atoms with Crippen molar-refractivity contribution in [3.8, 4) is 0 Å². The van der Waals surface area contributed by atoms with Crippen LogP contribution in [0.3, 0.4) is 0 Å². The molecule has 1 unspecified atom stereocenters. The summed E-state index contributed by atoms with van der Waals surface area (Å²) in [6, 6.07) is 7.88. The molecule has 1 atom stereocenters. The molecule has 1 aromatic carbocycles. The Morgan fingerprint density at radius 2 is 2.25 bits per heavy atom. The Hall–Kier alpha value is -1.39. The standard InChI is InChI=1S/C12H14N2OS/c1-8(15)7-14-5-4-9-2-3-10(12(13)16)6-11(9)14/h2-6,8,15H,7H2,1H3,(H2,13,16). The van der Waals surface area contributed by atoms with Crippen LogP contribution in [0.15, 0.2) is 30.5 Å². The van der Waals surface area contributed by atoms with Crippen molar-refractivity contribution < 1.29 is 5.11 Å². The lowest BCUT2D eigenvalue weighted by atomic mass is 10.1. The second-order valence-electron chi connectivity index (χ2n) is 3.95. The quantitative estimate of drug-likeness (QED) is 0.794. The lowest BCUT2D eigenvalue weighted by Gasteiger charge is -2.08. The van der Waals surface area contributed by atoms with E-state index in [2.05, 4.69) is 0 Å². The lowest BCUT2D eigenvalue weighted by molar-refractivity contribution is 0.175. The zero-order valence-electron chi connectivity index (χ0n) is 9.05. The monoisotopic (exact) mass is 234 g/mol. The van der Waals surface area contributed by atoms with Crippen molar-refractivity contribution in [2.75, 3.05) is 0 Å². The molecule has 0 aliphatic rings. The summed E-state index contributed by atoms with van der Waals surface area (Å²) in [7, 11) is 0. The van der Waals surface area contributed by atoms with Crippen LogP contribution < -0.4 is 5.73 Å². The summed E-state index contributed by atoms with van der Waals surface area (Å²) in [5.41, 5.74) is 7.50. The molecule has 0 spiro atoms. The fourth-order valence-corrected chi connectivity index (χ4v) is 1.91. The number of nitrogens with two attached hydrogens (primary N) is 1. The summed E-state index contributed by atoms with van der Waals surface area (Å²) in [6.45, 7) is 2.34. The molecule has 4 heteroatoms. The Kier molecular flexibility index (Phi) is 2.94. The molecule has 0 aliphatic heterocycles. The van der Waals surface area contributed by atoms with Crippen LogP contribution in [0.5, 0.6) is 0 Å². The van der Waals surface area contributed by atoms with Crippen LogP contribution >= 0.6 is 12.2 Å². The van der Waals surface area contributed by atoms with Crippen LogP contribution in [0.1, 0.15) is 12.5 Å². The number of thiocarbonyl (C=S) groups is 1. The molecule has 84 valence electrons. The Morgan fingerprint density at radius 1 is 1.50 bits per heavy atom.